The number of hydrogen-bond donors (Lipinski definition) is 2. The number of nitrogens with one attached hydrogen (secondary N) is 2. The summed E-state index contributed by atoms with van der Waals surface area (Å²) >= 11 is 0. The van der Waals surface area contributed by atoms with Crippen LogP contribution in [0.5, 0.6) is 0 Å². The number of rotatable bonds is 5. The van der Waals surface area contributed by atoms with Gasteiger partial charge in [0.25, 0.3) is 0 Å². The van der Waals surface area contributed by atoms with E-state index < -0.39 is 5.97 Å². The molecule has 124 valence electrons. The fraction of sp³-hybridized carbons (Fsp3) is 0.100. The maximum absolute atomic E-state index is 11.9. The average Bonchev–Trinajstić information content (AvgIpc) is 3.09. The minimum absolute atomic E-state index is 0.302. The van der Waals surface area contributed by atoms with Crippen LogP contribution in [0, 0.1) is 11.3 Å². The van der Waals surface area contributed by atoms with Crippen molar-refractivity contribution in [1.29, 1.82) is 5.26 Å². The molecule has 5 nitrogen and oxygen atoms in total. The Bertz CT molecular complexity index is 980. The van der Waals surface area contributed by atoms with Gasteiger partial charge in [-0.3, -0.25) is 0 Å². The summed E-state index contributed by atoms with van der Waals surface area (Å²) in [5.41, 5.74) is 3.71. The molecule has 0 saturated carbocycles. The highest BCUT2D eigenvalue weighted by Crippen LogP contribution is 2.23. The van der Waals surface area contributed by atoms with Crippen LogP contribution < -0.4 is 5.32 Å². The second-order valence-electron chi connectivity index (χ2n) is 5.41. The standard InChI is InChI=1S/C20H17N3O2/c1-2-25-20(24)12-19(15-5-3-4-14(10-15)13-21)23-17-6-7-18-16(11-17)8-9-22-18/h3-12,22-23H,2H2,1H3/b19-12+. The first kappa shape index (κ1) is 16.3. The number of aromatic amines is 1. The molecule has 2 N–H and O–H groups in total. The third kappa shape index (κ3) is 3.88. The number of esters is 1. The number of carbonyl (C=O) groups excluding carboxylic acids is 1. The van der Waals surface area contributed by atoms with Gasteiger partial charge in [-0.2, -0.15) is 5.26 Å². The lowest BCUT2D eigenvalue weighted by atomic mass is 10.1. The van der Waals surface area contributed by atoms with E-state index in [4.69, 9.17) is 10.00 Å². The summed E-state index contributed by atoms with van der Waals surface area (Å²) in [6.45, 7) is 2.06. The Labute approximate surface area is 145 Å². The van der Waals surface area contributed by atoms with Gasteiger partial charge in [-0.1, -0.05) is 12.1 Å². The number of hydrogen-bond acceptors (Lipinski definition) is 4. The highest BCUT2D eigenvalue weighted by atomic mass is 16.5. The lowest BCUT2D eigenvalue weighted by Crippen LogP contribution is -2.06. The predicted molar refractivity (Wildman–Crippen MR) is 97.7 cm³/mol. The van der Waals surface area contributed by atoms with Crippen molar-refractivity contribution >= 4 is 28.3 Å². The van der Waals surface area contributed by atoms with Crippen molar-refractivity contribution in [2.45, 2.75) is 6.92 Å². The molecule has 5 heteroatoms. The summed E-state index contributed by atoms with van der Waals surface area (Å²) in [7, 11) is 0. The normalized spacial score (nSPS) is 11.1. The molecule has 3 aromatic rings. The van der Waals surface area contributed by atoms with Crippen LogP contribution in [-0.2, 0) is 9.53 Å². The summed E-state index contributed by atoms with van der Waals surface area (Å²) in [6, 6.07) is 17.0. The van der Waals surface area contributed by atoms with Crippen molar-refractivity contribution in [3.05, 3.63) is 71.9 Å². The van der Waals surface area contributed by atoms with Crippen LogP contribution in [0.25, 0.3) is 16.6 Å². The SMILES string of the molecule is CCOC(=O)/C=C(/Nc1ccc2[nH]ccc2c1)c1cccc(C#N)c1. The fourth-order valence-corrected chi connectivity index (χ4v) is 2.54. The van der Waals surface area contributed by atoms with Gasteiger partial charge in [0.2, 0.25) is 0 Å². The van der Waals surface area contributed by atoms with Crippen LogP contribution >= 0.6 is 0 Å². The molecule has 0 spiro atoms. The predicted octanol–water partition coefficient (Wildman–Crippen LogP) is 4.06. The molecule has 1 heterocycles. The first-order chi connectivity index (χ1) is 12.2. The molecule has 0 atom stereocenters. The van der Waals surface area contributed by atoms with Crippen LogP contribution in [0.1, 0.15) is 18.1 Å². The molecule has 0 radical (unpaired) electrons. The Hall–Kier alpha value is -3.52. The summed E-state index contributed by atoms with van der Waals surface area (Å²) in [4.78, 5) is 15.1. The Morgan fingerprint density at radius 1 is 1.28 bits per heavy atom. The maximum atomic E-state index is 11.9. The van der Waals surface area contributed by atoms with E-state index in [0.29, 0.717) is 17.9 Å². The van der Waals surface area contributed by atoms with Gasteiger partial charge in [-0.15, -0.1) is 0 Å². The van der Waals surface area contributed by atoms with E-state index in [2.05, 4.69) is 16.4 Å². The quantitative estimate of drug-likeness (QED) is 0.546. The molecular weight excluding hydrogens is 314 g/mol. The Morgan fingerprint density at radius 3 is 2.96 bits per heavy atom. The number of ether oxygens (including phenoxy) is 1. The molecule has 2 aromatic carbocycles. The maximum Gasteiger partial charge on any atom is 0.332 e. The number of aromatic nitrogens is 1. The third-order valence-corrected chi connectivity index (χ3v) is 3.68. The second-order valence-corrected chi connectivity index (χ2v) is 5.41. The van der Waals surface area contributed by atoms with Gasteiger partial charge in [0.05, 0.1) is 23.9 Å². The second kappa shape index (κ2) is 7.37. The number of carbonyl (C=O) groups is 1. The third-order valence-electron chi connectivity index (χ3n) is 3.68. The number of benzene rings is 2. The number of nitriles is 1. The van der Waals surface area contributed by atoms with E-state index >= 15 is 0 Å². The van der Waals surface area contributed by atoms with Crippen molar-refractivity contribution in [2.75, 3.05) is 11.9 Å². The van der Waals surface area contributed by atoms with E-state index in [1.165, 1.54) is 6.08 Å². The molecule has 1 aromatic heterocycles. The molecule has 0 unspecified atom stereocenters. The zero-order chi connectivity index (χ0) is 17.6. The topological polar surface area (TPSA) is 77.9 Å². The van der Waals surface area contributed by atoms with Gasteiger partial charge in [0.1, 0.15) is 0 Å². The summed E-state index contributed by atoms with van der Waals surface area (Å²) < 4.78 is 5.02. The average molecular weight is 331 g/mol. The van der Waals surface area contributed by atoms with E-state index in [1.807, 2.05) is 36.5 Å². The minimum Gasteiger partial charge on any atom is -0.463 e. The highest BCUT2D eigenvalue weighted by molar-refractivity contribution is 5.95. The monoisotopic (exact) mass is 331 g/mol. The molecule has 0 fully saturated rings. The fourth-order valence-electron chi connectivity index (χ4n) is 2.54. The molecule has 0 aliphatic rings. The van der Waals surface area contributed by atoms with Crippen LogP contribution in [0.2, 0.25) is 0 Å². The molecule has 0 saturated heterocycles. The van der Waals surface area contributed by atoms with Gasteiger partial charge >= 0.3 is 5.97 Å². The van der Waals surface area contributed by atoms with Gasteiger partial charge in [0.15, 0.2) is 0 Å². The number of fused-ring (bicyclic) bond motifs is 1. The molecule has 0 bridgehead atoms. The molecule has 0 amide bonds. The van der Waals surface area contributed by atoms with Gasteiger partial charge in [-0.25, -0.2) is 4.79 Å². The van der Waals surface area contributed by atoms with Gasteiger partial charge in [-0.05, 0) is 48.9 Å². The lowest BCUT2D eigenvalue weighted by molar-refractivity contribution is -0.137. The van der Waals surface area contributed by atoms with Crippen molar-refractivity contribution in [1.82, 2.24) is 4.98 Å². The molecule has 3 rings (SSSR count). The Morgan fingerprint density at radius 2 is 2.16 bits per heavy atom. The Kier molecular flexibility index (Phi) is 4.82. The van der Waals surface area contributed by atoms with Crippen LogP contribution in [0.4, 0.5) is 5.69 Å². The minimum atomic E-state index is -0.435. The summed E-state index contributed by atoms with van der Waals surface area (Å²) in [5.74, 6) is -0.435. The van der Waals surface area contributed by atoms with Crippen molar-refractivity contribution in [3.8, 4) is 6.07 Å². The largest absolute Gasteiger partial charge is 0.463 e. The van der Waals surface area contributed by atoms with E-state index in [9.17, 15) is 4.79 Å². The zero-order valence-electron chi connectivity index (χ0n) is 13.7. The van der Waals surface area contributed by atoms with Crippen LogP contribution in [0.3, 0.4) is 0 Å². The van der Waals surface area contributed by atoms with Crippen molar-refractivity contribution in [2.24, 2.45) is 0 Å². The molecular formula is C20H17N3O2. The van der Waals surface area contributed by atoms with Crippen molar-refractivity contribution < 1.29 is 9.53 Å². The van der Waals surface area contributed by atoms with Gasteiger partial charge in [0, 0.05) is 28.9 Å². The molecule has 25 heavy (non-hydrogen) atoms. The first-order valence-electron chi connectivity index (χ1n) is 7.93. The summed E-state index contributed by atoms with van der Waals surface area (Å²) in [6.07, 6.45) is 3.28. The van der Waals surface area contributed by atoms with Crippen molar-refractivity contribution in [3.63, 3.8) is 0 Å². The van der Waals surface area contributed by atoms with E-state index in [0.717, 1.165) is 22.2 Å². The van der Waals surface area contributed by atoms with E-state index in [-0.39, 0.29) is 0 Å². The van der Waals surface area contributed by atoms with Crippen LogP contribution in [-0.4, -0.2) is 17.6 Å². The van der Waals surface area contributed by atoms with Gasteiger partial charge < -0.3 is 15.0 Å². The molecule has 0 aliphatic heterocycles. The smallest absolute Gasteiger partial charge is 0.332 e. The lowest BCUT2D eigenvalue weighted by Gasteiger charge is -2.12. The zero-order valence-corrected chi connectivity index (χ0v) is 13.7. The first-order valence-corrected chi connectivity index (χ1v) is 7.93. The number of anilines is 1. The highest BCUT2D eigenvalue weighted by Gasteiger charge is 2.08. The number of H-pyrrole nitrogens is 1. The Balaban J connectivity index is 1.97. The van der Waals surface area contributed by atoms with E-state index in [1.54, 1.807) is 25.1 Å². The number of nitrogens with zero attached hydrogens (tertiary/aromatic N) is 1. The summed E-state index contributed by atoms with van der Waals surface area (Å²) in [5, 5.41) is 13.4. The van der Waals surface area contributed by atoms with Crippen LogP contribution in [0.15, 0.2) is 60.8 Å². The molecule has 0 aliphatic carbocycles.